The normalized spacial score (nSPS) is 16.4. The van der Waals surface area contributed by atoms with Crippen molar-refractivity contribution in [3.63, 3.8) is 0 Å². The molecule has 0 bridgehead atoms. The molecular formula is C11H22O3. The molecular weight excluding hydrogens is 180 g/mol. The predicted molar refractivity (Wildman–Crippen MR) is 56.1 cm³/mol. The van der Waals surface area contributed by atoms with Crippen molar-refractivity contribution >= 4 is 5.78 Å². The van der Waals surface area contributed by atoms with Crippen molar-refractivity contribution in [3.05, 3.63) is 0 Å². The van der Waals surface area contributed by atoms with Crippen molar-refractivity contribution in [1.29, 1.82) is 0 Å². The summed E-state index contributed by atoms with van der Waals surface area (Å²) in [6.07, 6.45) is -0.211. The lowest BCUT2D eigenvalue weighted by Crippen LogP contribution is -2.37. The summed E-state index contributed by atoms with van der Waals surface area (Å²) in [5.41, 5.74) is -0.377. The lowest BCUT2D eigenvalue weighted by molar-refractivity contribution is -0.136. The Labute approximate surface area is 86.5 Å². The zero-order valence-corrected chi connectivity index (χ0v) is 9.83. The van der Waals surface area contributed by atoms with Gasteiger partial charge in [-0.3, -0.25) is 4.79 Å². The third-order valence-corrected chi connectivity index (χ3v) is 2.33. The predicted octanol–water partition coefficient (Wildman–Crippen LogP) is 1.64. The second kappa shape index (κ2) is 5.47. The van der Waals surface area contributed by atoms with Crippen LogP contribution in [0.1, 0.15) is 34.1 Å². The average molecular weight is 202 g/mol. The Morgan fingerprint density at radius 2 is 1.93 bits per heavy atom. The highest BCUT2D eigenvalue weighted by Gasteiger charge is 2.31. The van der Waals surface area contributed by atoms with Gasteiger partial charge in [0.2, 0.25) is 0 Å². The van der Waals surface area contributed by atoms with Crippen LogP contribution in [0.25, 0.3) is 0 Å². The molecule has 0 fully saturated rings. The molecule has 0 aromatic heterocycles. The summed E-state index contributed by atoms with van der Waals surface area (Å²) in [6, 6.07) is 0. The van der Waals surface area contributed by atoms with Gasteiger partial charge in [0.25, 0.3) is 0 Å². The molecule has 2 unspecified atom stereocenters. The largest absolute Gasteiger partial charge is 0.385 e. The fourth-order valence-electron chi connectivity index (χ4n) is 1.13. The van der Waals surface area contributed by atoms with Crippen LogP contribution in [0, 0.1) is 11.3 Å². The van der Waals surface area contributed by atoms with Crippen LogP contribution >= 0.6 is 0 Å². The maximum atomic E-state index is 11.7. The van der Waals surface area contributed by atoms with Crippen molar-refractivity contribution in [3.8, 4) is 0 Å². The van der Waals surface area contributed by atoms with Gasteiger partial charge in [0.15, 0.2) is 5.78 Å². The molecule has 0 amide bonds. The van der Waals surface area contributed by atoms with E-state index in [0.29, 0.717) is 13.0 Å². The molecule has 0 saturated heterocycles. The van der Waals surface area contributed by atoms with Gasteiger partial charge in [-0.25, -0.2) is 0 Å². The number of carbonyl (C=O) groups is 1. The smallest absolute Gasteiger partial charge is 0.164 e. The van der Waals surface area contributed by atoms with Gasteiger partial charge in [-0.1, -0.05) is 27.7 Å². The van der Waals surface area contributed by atoms with Crippen molar-refractivity contribution in [2.45, 2.75) is 40.2 Å². The molecule has 1 N–H and O–H groups in total. The molecule has 0 spiro atoms. The number of aliphatic hydroxyl groups is 1. The number of hydrogen-bond donors (Lipinski definition) is 1. The third-order valence-electron chi connectivity index (χ3n) is 2.33. The molecule has 0 heterocycles. The topological polar surface area (TPSA) is 46.5 Å². The minimum atomic E-state index is -0.880. The molecule has 0 aliphatic rings. The maximum absolute atomic E-state index is 11.7. The summed E-state index contributed by atoms with van der Waals surface area (Å²) in [4.78, 5) is 11.7. The van der Waals surface area contributed by atoms with E-state index >= 15 is 0 Å². The van der Waals surface area contributed by atoms with Gasteiger partial charge in [0.05, 0.1) is 0 Å². The number of Topliss-reactive ketones (excluding diaryl/α,β-unsaturated/α-hetero) is 1. The lowest BCUT2D eigenvalue weighted by atomic mass is 9.82. The van der Waals surface area contributed by atoms with Gasteiger partial charge in [-0.15, -0.1) is 0 Å². The third kappa shape index (κ3) is 4.20. The number of hydrogen-bond acceptors (Lipinski definition) is 3. The molecule has 0 saturated carbocycles. The second-order valence-corrected chi connectivity index (χ2v) is 4.85. The van der Waals surface area contributed by atoms with Gasteiger partial charge >= 0.3 is 0 Å². The summed E-state index contributed by atoms with van der Waals surface area (Å²) in [6.45, 7) is 7.97. The number of ketones is 1. The molecule has 3 heteroatoms. The fraction of sp³-hybridized carbons (Fsp3) is 0.909. The average Bonchev–Trinajstić information content (AvgIpc) is 2.10. The van der Waals surface area contributed by atoms with Gasteiger partial charge in [-0.2, -0.15) is 0 Å². The highest BCUT2D eigenvalue weighted by Crippen LogP contribution is 2.23. The lowest BCUT2D eigenvalue weighted by Gasteiger charge is -2.26. The van der Waals surface area contributed by atoms with Crippen molar-refractivity contribution in [2.75, 3.05) is 13.7 Å². The zero-order chi connectivity index (χ0) is 11.4. The summed E-state index contributed by atoms with van der Waals surface area (Å²) < 4.78 is 4.89. The van der Waals surface area contributed by atoms with Gasteiger partial charge < -0.3 is 9.84 Å². The van der Waals surface area contributed by atoms with Crippen LogP contribution in [-0.2, 0) is 9.53 Å². The Bertz CT molecular complexity index is 181. The van der Waals surface area contributed by atoms with E-state index < -0.39 is 6.10 Å². The van der Waals surface area contributed by atoms with Gasteiger partial charge in [-0.05, 0) is 11.8 Å². The molecule has 3 nitrogen and oxygen atoms in total. The van der Waals surface area contributed by atoms with Crippen LogP contribution in [-0.4, -0.2) is 30.7 Å². The van der Waals surface area contributed by atoms with E-state index in [1.165, 1.54) is 0 Å². The number of rotatable bonds is 5. The number of methoxy groups -OCH3 is 1. The Balaban J connectivity index is 4.18. The first kappa shape index (κ1) is 13.6. The van der Waals surface area contributed by atoms with Gasteiger partial charge in [0.1, 0.15) is 6.10 Å². The number of carbonyl (C=O) groups excluding carboxylic acids is 1. The molecule has 84 valence electrons. The minimum absolute atomic E-state index is 0.0884. The first-order valence-electron chi connectivity index (χ1n) is 5.01. The monoisotopic (exact) mass is 202 g/mol. The maximum Gasteiger partial charge on any atom is 0.164 e. The Hall–Kier alpha value is -0.410. The fourth-order valence-corrected chi connectivity index (χ4v) is 1.13. The molecule has 2 atom stereocenters. The SMILES string of the molecule is COCCC(C)C(=O)C(O)C(C)(C)C. The van der Waals surface area contributed by atoms with Gasteiger partial charge in [0, 0.05) is 19.6 Å². The summed E-state index contributed by atoms with van der Waals surface area (Å²) in [7, 11) is 1.61. The van der Waals surface area contributed by atoms with Crippen molar-refractivity contribution in [1.82, 2.24) is 0 Å². The van der Waals surface area contributed by atoms with Crippen LogP contribution in [0.15, 0.2) is 0 Å². The molecule has 0 rings (SSSR count). The second-order valence-electron chi connectivity index (χ2n) is 4.85. The highest BCUT2D eigenvalue weighted by molar-refractivity contribution is 5.85. The first-order valence-corrected chi connectivity index (χ1v) is 5.01. The summed E-state index contributed by atoms with van der Waals surface area (Å²) in [5, 5.41) is 9.73. The van der Waals surface area contributed by atoms with E-state index in [2.05, 4.69) is 0 Å². The van der Waals surface area contributed by atoms with Crippen LogP contribution in [0.5, 0.6) is 0 Å². The van der Waals surface area contributed by atoms with E-state index in [0.717, 1.165) is 0 Å². The van der Waals surface area contributed by atoms with E-state index in [1.807, 2.05) is 27.7 Å². The zero-order valence-electron chi connectivity index (χ0n) is 9.83. The molecule has 0 aromatic carbocycles. The molecule has 0 aliphatic heterocycles. The van der Waals surface area contributed by atoms with Crippen molar-refractivity contribution < 1.29 is 14.6 Å². The van der Waals surface area contributed by atoms with Crippen molar-refractivity contribution in [2.24, 2.45) is 11.3 Å². The van der Waals surface area contributed by atoms with Crippen LogP contribution in [0.4, 0.5) is 0 Å². The molecule has 0 aromatic rings. The Morgan fingerprint density at radius 3 is 2.29 bits per heavy atom. The highest BCUT2D eigenvalue weighted by atomic mass is 16.5. The number of ether oxygens (including phenoxy) is 1. The summed E-state index contributed by atoms with van der Waals surface area (Å²) in [5.74, 6) is -0.223. The van der Waals surface area contributed by atoms with E-state index in [9.17, 15) is 9.90 Å². The van der Waals surface area contributed by atoms with Crippen LogP contribution < -0.4 is 0 Å². The van der Waals surface area contributed by atoms with E-state index in [1.54, 1.807) is 7.11 Å². The van der Waals surface area contributed by atoms with Crippen LogP contribution in [0.2, 0.25) is 0 Å². The molecule has 14 heavy (non-hydrogen) atoms. The standard InChI is InChI=1S/C11H22O3/c1-8(6-7-14-5)9(12)10(13)11(2,3)4/h8,10,13H,6-7H2,1-5H3. The summed E-state index contributed by atoms with van der Waals surface area (Å²) >= 11 is 0. The molecule has 0 radical (unpaired) electrons. The minimum Gasteiger partial charge on any atom is -0.385 e. The van der Waals surface area contributed by atoms with Crippen LogP contribution in [0.3, 0.4) is 0 Å². The Morgan fingerprint density at radius 1 is 1.43 bits per heavy atom. The Kier molecular flexibility index (Phi) is 5.31. The first-order chi connectivity index (χ1) is 6.30. The van der Waals surface area contributed by atoms with E-state index in [4.69, 9.17) is 4.74 Å². The number of aliphatic hydroxyl groups excluding tert-OH is 1. The molecule has 0 aliphatic carbocycles. The van der Waals surface area contributed by atoms with E-state index in [-0.39, 0.29) is 17.1 Å². The quantitative estimate of drug-likeness (QED) is 0.737.